The minimum absolute atomic E-state index is 0.661. The smallest absolute Gasteiger partial charge is 0.127 e. The van der Waals surface area contributed by atoms with Crippen LogP contribution < -0.4 is 10.1 Å². The number of nitrogens with one attached hydrogen (secondary N) is 1. The van der Waals surface area contributed by atoms with E-state index in [4.69, 9.17) is 4.74 Å². The average Bonchev–Trinajstić information content (AvgIpc) is 2.92. The van der Waals surface area contributed by atoms with Crippen LogP contribution in [0.5, 0.6) is 5.75 Å². The first-order chi connectivity index (χ1) is 9.74. The summed E-state index contributed by atoms with van der Waals surface area (Å²) in [6.07, 6.45) is 1.10. The van der Waals surface area contributed by atoms with Gasteiger partial charge in [-0.1, -0.05) is 32.0 Å². The maximum Gasteiger partial charge on any atom is 0.127 e. The molecule has 0 bridgehead atoms. The van der Waals surface area contributed by atoms with Crippen molar-refractivity contribution in [3.05, 3.63) is 51.2 Å². The van der Waals surface area contributed by atoms with Crippen molar-refractivity contribution in [3.8, 4) is 5.75 Å². The molecule has 0 atom stereocenters. The van der Waals surface area contributed by atoms with Crippen LogP contribution in [-0.2, 0) is 19.6 Å². The number of aryl methyl sites for hydroxylation is 2. The fraction of sp³-hybridized carbons (Fsp3) is 0.412. The first-order valence-electron chi connectivity index (χ1n) is 7.24. The molecule has 3 heteroatoms. The van der Waals surface area contributed by atoms with Gasteiger partial charge in [0.15, 0.2) is 0 Å². The van der Waals surface area contributed by atoms with Crippen LogP contribution in [0.3, 0.4) is 0 Å². The van der Waals surface area contributed by atoms with Gasteiger partial charge in [0, 0.05) is 21.9 Å². The van der Waals surface area contributed by atoms with E-state index in [1.165, 1.54) is 20.9 Å². The molecule has 1 aromatic heterocycles. The fourth-order valence-electron chi connectivity index (χ4n) is 2.15. The summed E-state index contributed by atoms with van der Waals surface area (Å²) in [5.41, 5.74) is 2.44. The van der Waals surface area contributed by atoms with Crippen molar-refractivity contribution in [2.75, 3.05) is 6.54 Å². The van der Waals surface area contributed by atoms with E-state index in [0.29, 0.717) is 6.61 Å². The van der Waals surface area contributed by atoms with Gasteiger partial charge in [0.1, 0.15) is 12.4 Å². The zero-order valence-electron chi connectivity index (χ0n) is 12.5. The van der Waals surface area contributed by atoms with Gasteiger partial charge < -0.3 is 10.1 Å². The highest BCUT2D eigenvalue weighted by molar-refractivity contribution is 7.11. The van der Waals surface area contributed by atoms with Crippen LogP contribution in [-0.4, -0.2) is 6.54 Å². The second-order valence-electron chi connectivity index (χ2n) is 4.85. The molecule has 2 nitrogen and oxygen atoms in total. The molecule has 0 radical (unpaired) electrons. The highest BCUT2D eigenvalue weighted by atomic mass is 32.1. The van der Waals surface area contributed by atoms with Crippen molar-refractivity contribution in [3.63, 3.8) is 0 Å². The monoisotopic (exact) mass is 289 g/mol. The van der Waals surface area contributed by atoms with Gasteiger partial charge in [-0.15, -0.1) is 11.3 Å². The van der Waals surface area contributed by atoms with E-state index in [2.05, 4.69) is 56.4 Å². The normalized spacial score (nSPS) is 10.8. The lowest BCUT2D eigenvalue weighted by Crippen LogP contribution is -2.13. The van der Waals surface area contributed by atoms with Crippen LogP contribution in [0, 0.1) is 6.92 Å². The number of hydrogen-bond acceptors (Lipinski definition) is 3. The molecule has 0 aliphatic heterocycles. The second-order valence-corrected chi connectivity index (χ2v) is 6.11. The first kappa shape index (κ1) is 15.1. The number of rotatable bonds is 7. The Labute approximate surface area is 125 Å². The summed E-state index contributed by atoms with van der Waals surface area (Å²) in [6, 6.07) is 10.7. The third kappa shape index (κ3) is 3.84. The van der Waals surface area contributed by atoms with E-state index in [0.717, 1.165) is 25.3 Å². The molecule has 0 spiro atoms. The highest BCUT2D eigenvalue weighted by Gasteiger charge is 2.08. The lowest BCUT2D eigenvalue weighted by atomic mass is 10.1. The topological polar surface area (TPSA) is 21.3 Å². The lowest BCUT2D eigenvalue weighted by molar-refractivity contribution is 0.303. The minimum Gasteiger partial charge on any atom is -0.487 e. The maximum atomic E-state index is 6.08. The number of hydrogen-bond donors (Lipinski definition) is 1. The van der Waals surface area contributed by atoms with Crippen LogP contribution in [0.25, 0.3) is 0 Å². The van der Waals surface area contributed by atoms with Crippen molar-refractivity contribution in [2.45, 2.75) is 40.3 Å². The quantitative estimate of drug-likeness (QED) is 0.820. The molecule has 0 fully saturated rings. The molecule has 0 saturated heterocycles. The first-order valence-corrected chi connectivity index (χ1v) is 8.05. The standard InChI is InChI=1S/C17H23NOS/c1-4-15-9-10-16(20-15)12-19-17-13(3)7-6-8-14(17)11-18-5-2/h6-10,18H,4-5,11-12H2,1-3H3. The van der Waals surface area contributed by atoms with E-state index in [1.807, 2.05) is 11.3 Å². The van der Waals surface area contributed by atoms with E-state index >= 15 is 0 Å². The summed E-state index contributed by atoms with van der Waals surface area (Å²) in [4.78, 5) is 2.71. The Morgan fingerprint density at radius 1 is 1.10 bits per heavy atom. The molecule has 0 saturated carbocycles. The third-order valence-corrected chi connectivity index (χ3v) is 4.49. The largest absolute Gasteiger partial charge is 0.487 e. The zero-order valence-corrected chi connectivity index (χ0v) is 13.3. The Hall–Kier alpha value is -1.32. The average molecular weight is 289 g/mol. The molecule has 2 aromatic rings. The molecule has 1 aromatic carbocycles. The lowest BCUT2D eigenvalue weighted by Gasteiger charge is -2.14. The van der Waals surface area contributed by atoms with Crippen molar-refractivity contribution in [1.82, 2.24) is 5.32 Å². The number of thiophene rings is 1. The Morgan fingerprint density at radius 2 is 1.90 bits per heavy atom. The Morgan fingerprint density at radius 3 is 2.60 bits per heavy atom. The number of benzene rings is 1. The van der Waals surface area contributed by atoms with Crippen LogP contribution in [0.4, 0.5) is 0 Å². The van der Waals surface area contributed by atoms with Gasteiger partial charge in [0.2, 0.25) is 0 Å². The summed E-state index contributed by atoms with van der Waals surface area (Å²) in [5, 5.41) is 3.37. The maximum absolute atomic E-state index is 6.08. The van der Waals surface area contributed by atoms with Crippen LogP contribution in [0.2, 0.25) is 0 Å². The summed E-state index contributed by atoms with van der Waals surface area (Å²) in [7, 11) is 0. The zero-order chi connectivity index (χ0) is 14.4. The van der Waals surface area contributed by atoms with Crippen molar-refractivity contribution in [2.24, 2.45) is 0 Å². The molecule has 0 amide bonds. The van der Waals surface area contributed by atoms with Crippen LogP contribution in [0.1, 0.15) is 34.7 Å². The van der Waals surface area contributed by atoms with E-state index in [-0.39, 0.29) is 0 Å². The van der Waals surface area contributed by atoms with Gasteiger partial charge in [-0.05, 0) is 37.6 Å². The third-order valence-electron chi connectivity index (χ3n) is 3.28. The van der Waals surface area contributed by atoms with Gasteiger partial charge in [0.05, 0.1) is 0 Å². The van der Waals surface area contributed by atoms with E-state index in [9.17, 15) is 0 Å². The van der Waals surface area contributed by atoms with Gasteiger partial charge in [-0.2, -0.15) is 0 Å². The predicted octanol–water partition coefficient (Wildman–Crippen LogP) is 4.31. The fourth-order valence-corrected chi connectivity index (χ4v) is 3.02. The Balaban J connectivity index is 2.07. The van der Waals surface area contributed by atoms with Gasteiger partial charge in [-0.3, -0.25) is 0 Å². The molecule has 20 heavy (non-hydrogen) atoms. The Kier molecular flexibility index (Phi) is 5.62. The van der Waals surface area contributed by atoms with Crippen molar-refractivity contribution < 1.29 is 4.74 Å². The summed E-state index contributed by atoms with van der Waals surface area (Å²) in [6.45, 7) is 8.90. The van der Waals surface area contributed by atoms with Crippen molar-refractivity contribution >= 4 is 11.3 Å². The van der Waals surface area contributed by atoms with Crippen molar-refractivity contribution in [1.29, 1.82) is 0 Å². The molecule has 0 aliphatic rings. The van der Waals surface area contributed by atoms with Gasteiger partial charge >= 0.3 is 0 Å². The molecule has 1 N–H and O–H groups in total. The van der Waals surface area contributed by atoms with Gasteiger partial charge in [-0.25, -0.2) is 0 Å². The highest BCUT2D eigenvalue weighted by Crippen LogP contribution is 2.26. The molecule has 2 rings (SSSR count). The molecule has 0 aliphatic carbocycles. The SMILES string of the molecule is CCNCc1cccc(C)c1OCc1ccc(CC)s1. The minimum atomic E-state index is 0.661. The molecular formula is C17H23NOS. The Bertz CT molecular complexity index is 548. The summed E-state index contributed by atoms with van der Waals surface area (Å²) in [5.74, 6) is 1.03. The number of ether oxygens (including phenoxy) is 1. The molecule has 108 valence electrons. The van der Waals surface area contributed by atoms with Gasteiger partial charge in [0.25, 0.3) is 0 Å². The number of para-hydroxylation sites is 1. The summed E-state index contributed by atoms with van der Waals surface area (Å²) >= 11 is 1.84. The predicted molar refractivity (Wildman–Crippen MR) is 86.6 cm³/mol. The van der Waals surface area contributed by atoms with E-state index < -0.39 is 0 Å². The molecular weight excluding hydrogens is 266 g/mol. The molecule has 0 unspecified atom stereocenters. The summed E-state index contributed by atoms with van der Waals surface area (Å²) < 4.78 is 6.08. The van der Waals surface area contributed by atoms with E-state index in [1.54, 1.807) is 0 Å². The van der Waals surface area contributed by atoms with Crippen LogP contribution >= 0.6 is 11.3 Å². The van der Waals surface area contributed by atoms with Crippen LogP contribution in [0.15, 0.2) is 30.3 Å². The molecule has 1 heterocycles. The second kappa shape index (κ2) is 7.46.